The predicted molar refractivity (Wildman–Crippen MR) is 47.6 cm³/mol. The van der Waals surface area contributed by atoms with Crippen molar-refractivity contribution in [3.05, 3.63) is 29.8 Å². The zero-order valence-electron chi connectivity index (χ0n) is 7.36. The standard InChI is InChI=1S/C9H7FN2O2/c1-12-7-4-5(8(13)14)2-3-6(7)11-9(12)10/h2-4H,1H3,(H,13,14). The number of hydrogen-bond donors (Lipinski definition) is 1. The number of fused-ring (bicyclic) bond motifs is 1. The molecule has 0 radical (unpaired) electrons. The number of carbonyl (C=O) groups is 1. The van der Waals surface area contributed by atoms with Crippen molar-refractivity contribution < 1.29 is 14.3 Å². The molecule has 0 aliphatic heterocycles. The minimum atomic E-state index is -1.03. The Morgan fingerprint density at radius 3 is 2.93 bits per heavy atom. The molecule has 0 saturated heterocycles. The molecule has 0 fully saturated rings. The Hall–Kier alpha value is -1.91. The van der Waals surface area contributed by atoms with Crippen LogP contribution in [0.2, 0.25) is 0 Å². The number of carboxylic acids is 1. The summed E-state index contributed by atoms with van der Waals surface area (Å²) in [4.78, 5) is 14.3. The largest absolute Gasteiger partial charge is 0.478 e. The average Bonchev–Trinajstić information content (AvgIpc) is 2.43. The third kappa shape index (κ3) is 1.14. The second-order valence-corrected chi connectivity index (χ2v) is 2.95. The molecule has 2 aromatic rings. The van der Waals surface area contributed by atoms with Gasteiger partial charge < -0.3 is 9.67 Å². The summed E-state index contributed by atoms with van der Waals surface area (Å²) in [7, 11) is 1.50. The van der Waals surface area contributed by atoms with Gasteiger partial charge in [-0.05, 0) is 18.2 Å². The van der Waals surface area contributed by atoms with Crippen LogP contribution in [0.1, 0.15) is 10.4 Å². The first-order chi connectivity index (χ1) is 6.59. The predicted octanol–water partition coefficient (Wildman–Crippen LogP) is 1.41. The van der Waals surface area contributed by atoms with Crippen LogP contribution in [0.4, 0.5) is 4.39 Å². The maximum absolute atomic E-state index is 13.0. The van der Waals surface area contributed by atoms with E-state index in [4.69, 9.17) is 5.11 Å². The van der Waals surface area contributed by atoms with E-state index in [-0.39, 0.29) is 5.56 Å². The fourth-order valence-corrected chi connectivity index (χ4v) is 1.29. The van der Waals surface area contributed by atoms with Crippen molar-refractivity contribution in [1.29, 1.82) is 0 Å². The highest BCUT2D eigenvalue weighted by Gasteiger charge is 2.09. The second kappa shape index (κ2) is 2.80. The van der Waals surface area contributed by atoms with Crippen molar-refractivity contribution in [2.24, 2.45) is 7.05 Å². The summed E-state index contributed by atoms with van der Waals surface area (Å²) in [5, 5.41) is 8.72. The number of aryl methyl sites for hydroxylation is 1. The van der Waals surface area contributed by atoms with Gasteiger partial charge in [0.1, 0.15) is 0 Å². The van der Waals surface area contributed by atoms with E-state index in [9.17, 15) is 9.18 Å². The number of nitrogens with zero attached hydrogens (tertiary/aromatic N) is 2. The summed E-state index contributed by atoms with van der Waals surface area (Å²) < 4.78 is 14.2. The highest BCUT2D eigenvalue weighted by molar-refractivity contribution is 5.92. The molecule has 0 spiro atoms. The first-order valence-corrected chi connectivity index (χ1v) is 3.95. The van der Waals surface area contributed by atoms with Gasteiger partial charge in [-0.15, -0.1) is 0 Å². The van der Waals surface area contributed by atoms with Crippen molar-refractivity contribution in [3.8, 4) is 0 Å². The Morgan fingerprint density at radius 1 is 1.57 bits per heavy atom. The van der Waals surface area contributed by atoms with E-state index in [2.05, 4.69) is 4.98 Å². The van der Waals surface area contributed by atoms with Gasteiger partial charge in [0.15, 0.2) is 0 Å². The SMILES string of the molecule is Cn1c(F)nc2ccc(C(=O)O)cc21. The van der Waals surface area contributed by atoms with Crippen molar-refractivity contribution in [1.82, 2.24) is 9.55 Å². The lowest BCUT2D eigenvalue weighted by Crippen LogP contribution is -1.97. The van der Waals surface area contributed by atoms with Gasteiger partial charge in [-0.3, -0.25) is 0 Å². The number of halogens is 1. The van der Waals surface area contributed by atoms with Gasteiger partial charge in [-0.1, -0.05) is 0 Å². The molecule has 0 amide bonds. The van der Waals surface area contributed by atoms with E-state index in [0.29, 0.717) is 11.0 Å². The van der Waals surface area contributed by atoms with Crippen LogP contribution in [0.15, 0.2) is 18.2 Å². The first-order valence-electron chi connectivity index (χ1n) is 3.95. The molecule has 0 atom stereocenters. The third-order valence-electron chi connectivity index (χ3n) is 2.07. The number of hydrogen-bond acceptors (Lipinski definition) is 2. The number of benzene rings is 1. The molecule has 2 rings (SSSR count). The molecular weight excluding hydrogens is 187 g/mol. The molecule has 0 bridgehead atoms. The summed E-state index contributed by atoms with van der Waals surface area (Å²) in [5.41, 5.74) is 1.05. The highest BCUT2D eigenvalue weighted by Crippen LogP contribution is 2.15. The fraction of sp³-hybridized carbons (Fsp3) is 0.111. The molecule has 0 saturated carbocycles. The summed E-state index contributed by atoms with van der Waals surface area (Å²) in [6, 6.07) is 4.28. The Kier molecular flexibility index (Phi) is 1.73. The third-order valence-corrected chi connectivity index (χ3v) is 2.07. The topological polar surface area (TPSA) is 55.1 Å². The van der Waals surface area contributed by atoms with E-state index < -0.39 is 12.0 Å². The van der Waals surface area contributed by atoms with Crippen molar-refractivity contribution in [2.45, 2.75) is 0 Å². The quantitative estimate of drug-likeness (QED) is 0.746. The van der Waals surface area contributed by atoms with Crippen molar-refractivity contribution in [2.75, 3.05) is 0 Å². The zero-order valence-corrected chi connectivity index (χ0v) is 7.36. The molecule has 14 heavy (non-hydrogen) atoms. The number of carboxylic acid groups (broad SMARTS) is 1. The summed E-state index contributed by atoms with van der Waals surface area (Å²) in [6.45, 7) is 0. The van der Waals surface area contributed by atoms with E-state index in [1.54, 1.807) is 0 Å². The van der Waals surface area contributed by atoms with Gasteiger partial charge in [-0.2, -0.15) is 4.39 Å². The molecule has 1 N–H and O–H groups in total. The summed E-state index contributed by atoms with van der Waals surface area (Å²) >= 11 is 0. The molecule has 5 heteroatoms. The van der Waals surface area contributed by atoms with Crippen LogP contribution in [0.3, 0.4) is 0 Å². The summed E-state index contributed by atoms with van der Waals surface area (Å²) in [5.74, 6) is -1.03. The lowest BCUT2D eigenvalue weighted by molar-refractivity contribution is 0.0697. The van der Waals surface area contributed by atoms with E-state index in [0.717, 1.165) is 0 Å². The molecule has 1 aromatic heterocycles. The number of rotatable bonds is 1. The Labute approximate surface area is 78.6 Å². The maximum Gasteiger partial charge on any atom is 0.335 e. The van der Waals surface area contributed by atoms with Crippen LogP contribution in [-0.2, 0) is 7.05 Å². The van der Waals surface area contributed by atoms with Gasteiger partial charge in [-0.25, -0.2) is 9.78 Å². The molecule has 0 aliphatic rings. The van der Waals surface area contributed by atoms with Crippen LogP contribution in [-0.4, -0.2) is 20.6 Å². The number of aromatic nitrogens is 2. The van der Waals surface area contributed by atoms with Gasteiger partial charge in [0.05, 0.1) is 16.6 Å². The van der Waals surface area contributed by atoms with Crippen LogP contribution >= 0.6 is 0 Å². The lowest BCUT2D eigenvalue weighted by atomic mass is 10.2. The molecule has 1 aromatic carbocycles. The molecule has 0 unspecified atom stereocenters. The van der Waals surface area contributed by atoms with Gasteiger partial charge in [0, 0.05) is 7.05 Å². The van der Waals surface area contributed by atoms with E-state index in [1.165, 1.54) is 29.8 Å². The molecule has 1 heterocycles. The highest BCUT2D eigenvalue weighted by atomic mass is 19.1. The normalized spacial score (nSPS) is 10.7. The van der Waals surface area contributed by atoms with Gasteiger partial charge in [0.2, 0.25) is 0 Å². The minimum Gasteiger partial charge on any atom is -0.478 e. The van der Waals surface area contributed by atoms with Crippen molar-refractivity contribution >= 4 is 17.0 Å². The minimum absolute atomic E-state index is 0.125. The Bertz CT molecular complexity index is 519. The smallest absolute Gasteiger partial charge is 0.335 e. The van der Waals surface area contributed by atoms with E-state index >= 15 is 0 Å². The van der Waals surface area contributed by atoms with Crippen LogP contribution in [0.25, 0.3) is 11.0 Å². The average molecular weight is 194 g/mol. The van der Waals surface area contributed by atoms with Crippen molar-refractivity contribution in [3.63, 3.8) is 0 Å². The van der Waals surface area contributed by atoms with Gasteiger partial charge >= 0.3 is 5.97 Å². The Balaban J connectivity index is 2.76. The van der Waals surface area contributed by atoms with Gasteiger partial charge in [0.25, 0.3) is 6.08 Å². The van der Waals surface area contributed by atoms with E-state index in [1.807, 2.05) is 0 Å². The number of imidazole rings is 1. The molecule has 0 aliphatic carbocycles. The Morgan fingerprint density at radius 2 is 2.29 bits per heavy atom. The first kappa shape index (κ1) is 8.68. The summed E-state index contributed by atoms with van der Waals surface area (Å²) in [6.07, 6.45) is -0.623. The monoisotopic (exact) mass is 194 g/mol. The fourth-order valence-electron chi connectivity index (χ4n) is 1.29. The second-order valence-electron chi connectivity index (χ2n) is 2.95. The van der Waals surface area contributed by atoms with Crippen LogP contribution in [0.5, 0.6) is 0 Å². The van der Waals surface area contributed by atoms with Crippen LogP contribution in [0, 0.1) is 6.08 Å². The maximum atomic E-state index is 13.0. The molecular formula is C9H7FN2O2. The zero-order chi connectivity index (χ0) is 10.3. The number of aromatic carboxylic acids is 1. The lowest BCUT2D eigenvalue weighted by Gasteiger charge is -1.96. The molecule has 4 nitrogen and oxygen atoms in total. The van der Waals surface area contributed by atoms with Crippen LogP contribution < -0.4 is 0 Å². The molecule has 72 valence electrons.